The maximum absolute atomic E-state index is 12.6. The smallest absolute Gasteiger partial charge is 0.156 e. The highest BCUT2D eigenvalue weighted by Crippen LogP contribution is 2.65. The van der Waals surface area contributed by atoms with Crippen molar-refractivity contribution < 1.29 is 9.59 Å². The number of carbonyl (C=O) groups excluding carboxylic acids is 2. The lowest BCUT2D eigenvalue weighted by atomic mass is 9.51. The summed E-state index contributed by atoms with van der Waals surface area (Å²) in [6.07, 6.45) is 8.93. The van der Waals surface area contributed by atoms with E-state index >= 15 is 0 Å². The molecule has 2 fully saturated rings. The van der Waals surface area contributed by atoms with Crippen LogP contribution in [-0.4, -0.2) is 25.7 Å². The van der Waals surface area contributed by atoms with Crippen LogP contribution in [0, 0.1) is 23.2 Å². The van der Waals surface area contributed by atoms with E-state index in [1.807, 2.05) is 13.0 Å². The minimum absolute atomic E-state index is 0.0805. The number of fused-ring (bicyclic) bond motifs is 4. The van der Waals surface area contributed by atoms with Crippen molar-refractivity contribution in [3.63, 3.8) is 0 Å². The van der Waals surface area contributed by atoms with E-state index in [1.165, 1.54) is 28.8 Å². The van der Waals surface area contributed by atoms with Gasteiger partial charge in [0.25, 0.3) is 0 Å². The number of allylic oxidation sites excluding steroid dienone is 4. The second kappa shape index (κ2) is 7.46. The number of ketones is 2. The third-order valence-corrected chi connectivity index (χ3v) is 9.03. The first-order valence-corrected chi connectivity index (χ1v) is 12.0. The van der Waals surface area contributed by atoms with Gasteiger partial charge in [0.15, 0.2) is 5.78 Å². The Labute approximate surface area is 186 Å². The second-order valence-electron chi connectivity index (χ2n) is 10.8. The van der Waals surface area contributed by atoms with Crippen LogP contribution >= 0.6 is 0 Å². The molecule has 3 heteroatoms. The minimum atomic E-state index is 0.0805. The van der Waals surface area contributed by atoms with Gasteiger partial charge in [-0.1, -0.05) is 24.6 Å². The van der Waals surface area contributed by atoms with Gasteiger partial charge in [0.1, 0.15) is 5.78 Å². The predicted molar refractivity (Wildman–Crippen MR) is 125 cm³/mol. The molecule has 1 aromatic carbocycles. The fraction of sp³-hybridized carbons (Fsp3) is 0.571. The molecule has 164 valence electrons. The van der Waals surface area contributed by atoms with Crippen LogP contribution in [0.15, 0.2) is 47.1 Å². The summed E-state index contributed by atoms with van der Waals surface area (Å²) >= 11 is 0. The third-order valence-electron chi connectivity index (χ3n) is 9.03. The van der Waals surface area contributed by atoms with Crippen molar-refractivity contribution in [1.29, 1.82) is 0 Å². The third kappa shape index (κ3) is 3.23. The number of anilines is 1. The van der Waals surface area contributed by atoms with Crippen molar-refractivity contribution >= 4 is 17.3 Å². The quantitative estimate of drug-likeness (QED) is 0.618. The first kappa shape index (κ1) is 20.7. The van der Waals surface area contributed by atoms with Crippen LogP contribution in [0.3, 0.4) is 0 Å². The van der Waals surface area contributed by atoms with Crippen LogP contribution in [0.5, 0.6) is 0 Å². The molecule has 0 bridgehead atoms. The van der Waals surface area contributed by atoms with E-state index in [-0.39, 0.29) is 11.3 Å². The first-order valence-electron chi connectivity index (χ1n) is 12.0. The Kier molecular flexibility index (Phi) is 4.99. The zero-order chi connectivity index (χ0) is 21.9. The molecule has 4 aliphatic rings. The molecule has 3 nitrogen and oxygen atoms in total. The van der Waals surface area contributed by atoms with Gasteiger partial charge in [-0.25, -0.2) is 0 Å². The van der Waals surface area contributed by atoms with Gasteiger partial charge >= 0.3 is 0 Å². The van der Waals surface area contributed by atoms with E-state index in [0.29, 0.717) is 35.7 Å². The van der Waals surface area contributed by atoms with Crippen molar-refractivity contribution in [3.8, 4) is 0 Å². The average molecular weight is 418 g/mol. The summed E-state index contributed by atoms with van der Waals surface area (Å²) in [5.41, 5.74) is 7.09. The van der Waals surface area contributed by atoms with Gasteiger partial charge in [-0.05, 0) is 97.6 Å². The van der Waals surface area contributed by atoms with Gasteiger partial charge in [0.05, 0.1) is 0 Å². The number of hydrogen-bond donors (Lipinski definition) is 0. The molecule has 0 radical (unpaired) electrons. The predicted octanol–water partition coefficient (Wildman–Crippen LogP) is 5.86. The van der Waals surface area contributed by atoms with Gasteiger partial charge in [0.2, 0.25) is 0 Å². The molecule has 31 heavy (non-hydrogen) atoms. The van der Waals surface area contributed by atoms with Crippen LogP contribution in [0.4, 0.5) is 5.69 Å². The van der Waals surface area contributed by atoms with Gasteiger partial charge in [-0.2, -0.15) is 0 Å². The zero-order valence-corrected chi connectivity index (χ0v) is 19.4. The lowest BCUT2D eigenvalue weighted by molar-refractivity contribution is -0.125. The molecular weight excluding hydrogens is 382 g/mol. The number of nitrogens with zero attached hydrogens (tertiary/aromatic N) is 1. The molecule has 4 aliphatic carbocycles. The molecule has 5 atom stereocenters. The Bertz CT molecular complexity index is 983. The molecule has 0 heterocycles. The molecule has 0 amide bonds. The van der Waals surface area contributed by atoms with Crippen LogP contribution in [0.1, 0.15) is 70.3 Å². The lowest BCUT2D eigenvalue weighted by Crippen LogP contribution is -2.44. The molecule has 0 aliphatic heterocycles. The largest absolute Gasteiger partial charge is 0.378 e. The molecule has 1 aromatic rings. The van der Waals surface area contributed by atoms with E-state index in [4.69, 9.17) is 0 Å². The van der Waals surface area contributed by atoms with Gasteiger partial charge in [0, 0.05) is 38.0 Å². The monoisotopic (exact) mass is 417 g/mol. The maximum Gasteiger partial charge on any atom is 0.156 e. The molecule has 1 unspecified atom stereocenters. The molecule has 0 N–H and O–H groups in total. The maximum atomic E-state index is 12.6. The van der Waals surface area contributed by atoms with Gasteiger partial charge in [-0.3, -0.25) is 9.59 Å². The molecular formula is C28H35NO2. The highest BCUT2D eigenvalue weighted by molar-refractivity contribution is 5.93. The van der Waals surface area contributed by atoms with Crippen molar-refractivity contribution in [2.24, 2.45) is 23.2 Å². The molecule has 0 saturated heterocycles. The van der Waals surface area contributed by atoms with E-state index in [0.717, 1.165) is 32.1 Å². The lowest BCUT2D eigenvalue weighted by Gasteiger charge is -2.52. The summed E-state index contributed by atoms with van der Waals surface area (Å²) in [4.78, 5) is 26.9. The summed E-state index contributed by atoms with van der Waals surface area (Å²) < 4.78 is 0. The van der Waals surface area contributed by atoms with E-state index in [9.17, 15) is 9.59 Å². The SMILES string of the molecule is CC(=O)[C@H]1CCC2[C@@H]3CCC4=CC(=O)CCC4=C3[C@@H](c3ccc(N(C)C)cc3)C[C@@]21C. The molecule has 0 aromatic heterocycles. The van der Waals surface area contributed by atoms with E-state index in [1.54, 1.807) is 5.57 Å². The van der Waals surface area contributed by atoms with Gasteiger partial charge in [-0.15, -0.1) is 0 Å². The number of carbonyl (C=O) groups is 2. The fourth-order valence-electron chi connectivity index (χ4n) is 7.63. The van der Waals surface area contributed by atoms with Crippen molar-refractivity contribution in [3.05, 3.63) is 52.6 Å². The number of Topliss-reactive ketones (excluding diaryl/α,β-unsaturated/α-hetero) is 1. The molecule has 2 saturated carbocycles. The molecule has 5 rings (SSSR count). The summed E-state index contributed by atoms with van der Waals surface area (Å²) in [7, 11) is 4.16. The number of hydrogen-bond acceptors (Lipinski definition) is 3. The molecule has 0 spiro atoms. The van der Waals surface area contributed by atoms with Crippen molar-refractivity contribution in [1.82, 2.24) is 0 Å². The van der Waals surface area contributed by atoms with E-state index in [2.05, 4.69) is 50.2 Å². The zero-order valence-electron chi connectivity index (χ0n) is 19.4. The highest BCUT2D eigenvalue weighted by Gasteiger charge is 2.57. The Hall–Kier alpha value is -2.16. The Balaban J connectivity index is 1.65. The Morgan fingerprint density at radius 3 is 2.45 bits per heavy atom. The van der Waals surface area contributed by atoms with Crippen LogP contribution in [-0.2, 0) is 9.59 Å². The van der Waals surface area contributed by atoms with Crippen LogP contribution < -0.4 is 4.90 Å². The normalized spacial score (nSPS) is 34.6. The average Bonchev–Trinajstić information content (AvgIpc) is 3.10. The Morgan fingerprint density at radius 1 is 1.03 bits per heavy atom. The number of benzene rings is 1. The van der Waals surface area contributed by atoms with E-state index < -0.39 is 0 Å². The van der Waals surface area contributed by atoms with Crippen LogP contribution in [0.25, 0.3) is 0 Å². The summed E-state index contributed by atoms with van der Waals surface area (Å²) in [6, 6.07) is 9.06. The summed E-state index contributed by atoms with van der Waals surface area (Å²) in [6.45, 7) is 4.22. The number of rotatable bonds is 3. The van der Waals surface area contributed by atoms with Crippen LogP contribution in [0.2, 0.25) is 0 Å². The van der Waals surface area contributed by atoms with Crippen molar-refractivity contribution in [2.75, 3.05) is 19.0 Å². The first-order chi connectivity index (χ1) is 14.8. The standard InChI is InChI=1S/C28H35NO2/c1-17(30)25-13-14-26-23-11-7-19-15-21(31)10-12-22(19)27(23)24(16-28(25,26)2)18-5-8-20(9-6-18)29(3)4/h5-6,8-9,15,23-26H,7,10-14,16H2,1-4H3/t23-,24+,25+,26?,28+/m0/s1. The minimum Gasteiger partial charge on any atom is -0.378 e. The topological polar surface area (TPSA) is 37.4 Å². The summed E-state index contributed by atoms with van der Waals surface area (Å²) in [5, 5.41) is 0. The van der Waals surface area contributed by atoms with Crippen molar-refractivity contribution in [2.45, 2.75) is 64.7 Å². The second-order valence-corrected chi connectivity index (χ2v) is 10.8. The fourth-order valence-corrected chi connectivity index (χ4v) is 7.63. The summed E-state index contributed by atoms with van der Waals surface area (Å²) in [5.74, 6) is 2.37. The highest BCUT2D eigenvalue weighted by atomic mass is 16.1. The Morgan fingerprint density at radius 2 is 1.77 bits per heavy atom. The van der Waals surface area contributed by atoms with Gasteiger partial charge < -0.3 is 4.90 Å².